The number of hydrogen-bond acceptors (Lipinski definition) is 5. The summed E-state index contributed by atoms with van der Waals surface area (Å²) in [6.45, 7) is 0. The number of imide groups is 1. The van der Waals surface area contributed by atoms with Gasteiger partial charge in [0.05, 0.1) is 24.6 Å². The zero-order chi connectivity index (χ0) is 24.0. The highest BCUT2D eigenvalue weighted by molar-refractivity contribution is 6.31. The lowest BCUT2D eigenvalue weighted by molar-refractivity contribution is -0.152. The Kier molecular flexibility index (Phi) is 5.68. The Hall–Kier alpha value is -3.19. The molecule has 2 saturated heterocycles. The van der Waals surface area contributed by atoms with E-state index in [0.29, 0.717) is 26.9 Å². The first-order valence-electron chi connectivity index (χ1n) is 10.7. The van der Waals surface area contributed by atoms with Gasteiger partial charge < -0.3 is 4.74 Å². The first-order chi connectivity index (χ1) is 16.4. The molecule has 34 heavy (non-hydrogen) atoms. The van der Waals surface area contributed by atoms with Gasteiger partial charge in [0.2, 0.25) is 11.8 Å². The number of esters is 1. The number of carbonyl (C=O) groups is 3. The van der Waals surface area contributed by atoms with Crippen molar-refractivity contribution in [3.05, 3.63) is 100 Å². The van der Waals surface area contributed by atoms with Crippen LogP contribution in [-0.4, -0.2) is 24.9 Å². The molecule has 0 unspecified atom stereocenters. The lowest BCUT2D eigenvalue weighted by Gasteiger charge is -2.33. The van der Waals surface area contributed by atoms with Crippen molar-refractivity contribution in [3.63, 3.8) is 0 Å². The smallest absolute Gasteiger partial charge is 0.331 e. The summed E-state index contributed by atoms with van der Waals surface area (Å²) in [6, 6.07) is 21.7. The summed E-state index contributed by atoms with van der Waals surface area (Å²) in [5.41, 5.74) is 0.0657. The molecule has 3 aromatic rings. The summed E-state index contributed by atoms with van der Waals surface area (Å²) in [7, 11) is 1.27. The second-order valence-electron chi connectivity index (χ2n) is 8.33. The average Bonchev–Trinajstić information content (AvgIpc) is 3.34. The van der Waals surface area contributed by atoms with E-state index in [0.717, 1.165) is 4.90 Å². The van der Waals surface area contributed by atoms with Crippen molar-refractivity contribution >= 4 is 46.7 Å². The van der Waals surface area contributed by atoms with Crippen molar-refractivity contribution in [2.24, 2.45) is 11.8 Å². The fourth-order valence-corrected chi connectivity index (χ4v) is 5.50. The zero-order valence-corrected chi connectivity index (χ0v) is 19.6. The molecule has 0 saturated carbocycles. The van der Waals surface area contributed by atoms with Gasteiger partial charge in [-0.05, 0) is 47.5 Å². The van der Waals surface area contributed by atoms with Crippen LogP contribution in [-0.2, 0) is 24.7 Å². The molecule has 0 spiro atoms. The maximum absolute atomic E-state index is 13.9. The van der Waals surface area contributed by atoms with Gasteiger partial charge in [-0.25, -0.2) is 9.69 Å². The summed E-state index contributed by atoms with van der Waals surface area (Å²) >= 11 is 12.3. The number of fused-ring (bicyclic) bond motifs is 1. The predicted octanol–water partition coefficient (Wildman–Crippen LogP) is 4.51. The second-order valence-corrected chi connectivity index (χ2v) is 9.21. The van der Waals surface area contributed by atoms with Gasteiger partial charge in [-0.3, -0.25) is 14.9 Å². The van der Waals surface area contributed by atoms with E-state index in [2.05, 4.69) is 5.32 Å². The van der Waals surface area contributed by atoms with Crippen LogP contribution < -0.4 is 10.2 Å². The molecule has 2 heterocycles. The standard InChI is InChI=1S/C26H20Cl2N2O4/c1-34-25(33)26(16-7-3-2-4-8-16)21-20(22(29-26)15-6-5-9-18(28)14-15)23(31)30(24(21)32)19-12-10-17(27)11-13-19/h2-14,20-22,29H,1H3/t20-,21+,22-,26+/m0/s1. The first-order valence-corrected chi connectivity index (χ1v) is 11.4. The predicted molar refractivity (Wildman–Crippen MR) is 128 cm³/mol. The molecule has 2 fully saturated rings. The van der Waals surface area contributed by atoms with Gasteiger partial charge in [-0.15, -0.1) is 0 Å². The average molecular weight is 495 g/mol. The Morgan fingerprint density at radius 3 is 2.26 bits per heavy atom. The summed E-state index contributed by atoms with van der Waals surface area (Å²) in [6.07, 6.45) is 0. The van der Waals surface area contributed by atoms with Gasteiger partial charge in [0.1, 0.15) is 0 Å². The highest BCUT2D eigenvalue weighted by Crippen LogP contribution is 2.54. The molecule has 4 atom stereocenters. The second kappa shape index (κ2) is 8.55. The van der Waals surface area contributed by atoms with Crippen LogP contribution in [0.1, 0.15) is 17.2 Å². The Balaban J connectivity index is 1.73. The normalized spacial score (nSPS) is 26.0. The Morgan fingerprint density at radius 1 is 0.912 bits per heavy atom. The number of nitrogens with zero attached hydrogens (tertiary/aromatic N) is 1. The number of nitrogens with one attached hydrogen (secondary N) is 1. The molecule has 6 nitrogen and oxygen atoms in total. The van der Waals surface area contributed by atoms with Crippen molar-refractivity contribution in [2.75, 3.05) is 12.0 Å². The number of halogens is 2. The van der Waals surface area contributed by atoms with Crippen LogP contribution in [0, 0.1) is 11.8 Å². The molecule has 3 aromatic carbocycles. The highest BCUT2D eigenvalue weighted by atomic mass is 35.5. The summed E-state index contributed by atoms with van der Waals surface area (Å²) in [5.74, 6) is -3.42. The van der Waals surface area contributed by atoms with E-state index in [1.165, 1.54) is 7.11 Å². The molecule has 0 aliphatic carbocycles. The Bertz CT molecular complexity index is 1280. The van der Waals surface area contributed by atoms with Gasteiger partial charge in [-0.1, -0.05) is 65.7 Å². The number of amides is 2. The van der Waals surface area contributed by atoms with E-state index < -0.39 is 41.2 Å². The van der Waals surface area contributed by atoms with Crippen molar-refractivity contribution in [1.82, 2.24) is 5.32 Å². The number of carbonyl (C=O) groups excluding carboxylic acids is 3. The summed E-state index contributed by atoms with van der Waals surface area (Å²) < 4.78 is 5.22. The number of ether oxygens (including phenoxy) is 1. The Labute approximate surface area is 206 Å². The van der Waals surface area contributed by atoms with Crippen LogP contribution in [0.25, 0.3) is 0 Å². The van der Waals surface area contributed by atoms with Gasteiger partial charge in [0, 0.05) is 16.1 Å². The summed E-state index contributed by atoms with van der Waals surface area (Å²) in [5, 5.41) is 4.30. The molecule has 1 N–H and O–H groups in total. The molecule has 8 heteroatoms. The zero-order valence-electron chi connectivity index (χ0n) is 18.1. The third-order valence-electron chi connectivity index (χ3n) is 6.59. The van der Waals surface area contributed by atoms with E-state index in [9.17, 15) is 14.4 Å². The number of methoxy groups -OCH3 is 1. The molecule has 172 valence electrons. The molecule has 5 rings (SSSR count). The lowest BCUT2D eigenvalue weighted by Crippen LogP contribution is -2.53. The SMILES string of the molecule is COC(=O)[C@]1(c2ccccc2)N[C@@H](c2cccc(Cl)c2)[C@H]2C(=O)N(c3ccc(Cl)cc3)C(=O)[C@@H]21. The van der Waals surface area contributed by atoms with E-state index in [1.54, 1.807) is 66.7 Å². The lowest BCUT2D eigenvalue weighted by atomic mass is 9.75. The fraction of sp³-hybridized carbons (Fsp3) is 0.192. The van der Waals surface area contributed by atoms with Crippen LogP contribution in [0.3, 0.4) is 0 Å². The first kappa shape index (κ1) is 22.6. The maximum atomic E-state index is 13.9. The molecule has 0 bridgehead atoms. The molecule has 0 radical (unpaired) electrons. The van der Waals surface area contributed by atoms with Crippen LogP contribution in [0.2, 0.25) is 10.0 Å². The maximum Gasteiger partial charge on any atom is 0.331 e. The van der Waals surface area contributed by atoms with Crippen LogP contribution in [0.5, 0.6) is 0 Å². The van der Waals surface area contributed by atoms with Crippen molar-refractivity contribution < 1.29 is 19.1 Å². The fourth-order valence-electron chi connectivity index (χ4n) is 5.17. The quantitative estimate of drug-likeness (QED) is 0.426. The van der Waals surface area contributed by atoms with Crippen molar-refractivity contribution in [1.29, 1.82) is 0 Å². The van der Waals surface area contributed by atoms with Gasteiger partial charge in [0.25, 0.3) is 0 Å². The third kappa shape index (κ3) is 3.33. The molecular weight excluding hydrogens is 475 g/mol. The highest BCUT2D eigenvalue weighted by Gasteiger charge is 2.69. The summed E-state index contributed by atoms with van der Waals surface area (Å²) in [4.78, 5) is 42.4. The number of rotatable bonds is 4. The van der Waals surface area contributed by atoms with E-state index in [-0.39, 0.29) is 0 Å². The topological polar surface area (TPSA) is 75.7 Å². The van der Waals surface area contributed by atoms with Gasteiger partial charge >= 0.3 is 5.97 Å². The van der Waals surface area contributed by atoms with Crippen LogP contribution in [0.4, 0.5) is 5.69 Å². The monoisotopic (exact) mass is 494 g/mol. The number of hydrogen-bond donors (Lipinski definition) is 1. The number of anilines is 1. The van der Waals surface area contributed by atoms with Crippen molar-refractivity contribution in [2.45, 2.75) is 11.6 Å². The largest absolute Gasteiger partial charge is 0.467 e. The van der Waals surface area contributed by atoms with Crippen LogP contribution in [0.15, 0.2) is 78.9 Å². The van der Waals surface area contributed by atoms with Crippen LogP contribution >= 0.6 is 23.2 Å². The minimum Gasteiger partial charge on any atom is -0.467 e. The minimum absolute atomic E-state index is 0.394. The molecular formula is C26H20Cl2N2O4. The molecule has 2 amide bonds. The minimum atomic E-state index is -1.57. The molecule has 2 aliphatic heterocycles. The third-order valence-corrected chi connectivity index (χ3v) is 7.08. The van der Waals surface area contributed by atoms with E-state index in [4.69, 9.17) is 27.9 Å². The molecule has 0 aromatic heterocycles. The van der Waals surface area contributed by atoms with Gasteiger partial charge in [-0.2, -0.15) is 0 Å². The van der Waals surface area contributed by atoms with Gasteiger partial charge in [0.15, 0.2) is 5.54 Å². The van der Waals surface area contributed by atoms with Crippen molar-refractivity contribution in [3.8, 4) is 0 Å². The van der Waals surface area contributed by atoms with E-state index in [1.807, 2.05) is 12.1 Å². The Morgan fingerprint density at radius 2 is 1.62 bits per heavy atom. The molecule has 2 aliphatic rings. The number of benzene rings is 3. The van der Waals surface area contributed by atoms with E-state index >= 15 is 0 Å².